The van der Waals surface area contributed by atoms with E-state index in [0.29, 0.717) is 26.4 Å². The summed E-state index contributed by atoms with van der Waals surface area (Å²) in [5.74, 6) is 0.245. The van der Waals surface area contributed by atoms with E-state index in [1.54, 1.807) is 72.3 Å². The van der Waals surface area contributed by atoms with Gasteiger partial charge < -0.3 is 9.47 Å². The summed E-state index contributed by atoms with van der Waals surface area (Å²) in [6.07, 6.45) is 3.43. The molecule has 0 fully saturated rings. The average molecular weight is 589 g/mol. The number of aryl methyl sites for hydroxylation is 1. The van der Waals surface area contributed by atoms with E-state index in [2.05, 4.69) is 12.1 Å². The molecule has 0 bridgehead atoms. The number of aromatic nitrogens is 1. The Balaban J connectivity index is 1.25. The molecule has 0 spiro atoms. The summed E-state index contributed by atoms with van der Waals surface area (Å²) in [7, 11) is 1.56. The van der Waals surface area contributed by atoms with Crippen LogP contribution in [0.3, 0.4) is 0 Å². The fourth-order valence-electron chi connectivity index (χ4n) is 5.64. The number of hydrogen-bond acceptors (Lipinski definition) is 6. The van der Waals surface area contributed by atoms with Crippen LogP contribution in [0.2, 0.25) is 0 Å². The van der Waals surface area contributed by atoms with Crippen molar-refractivity contribution in [1.82, 2.24) is 4.57 Å². The Morgan fingerprint density at radius 3 is 2.40 bits per heavy atom. The number of ether oxygens (including phenoxy) is 2. The zero-order valence-electron chi connectivity index (χ0n) is 23.1. The molecule has 0 amide bonds. The van der Waals surface area contributed by atoms with E-state index in [4.69, 9.17) is 14.5 Å². The minimum Gasteiger partial charge on any atom is -0.497 e. The molecular weight excluding hydrogens is 563 g/mol. The van der Waals surface area contributed by atoms with Gasteiger partial charge in [-0.25, -0.2) is 14.2 Å². The summed E-state index contributed by atoms with van der Waals surface area (Å²) in [5.41, 5.74) is 6.15. The second kappa shape index (κ2) is 11.0. The highest BCUT2D eigenvalue weighted by Gasteiger charge is 2.32. The van der Waals surface area contributed by atoms with Crippen molar-refractivity contribution >= 4 is 29.1 Å². The SMILES string of the molecule is COc1ccc(C(=O)Oc2ccc(/C=c3/sc4n(c3=O)[C@H](c3ccc(F)cc3)C3=C(N=4)c4ccccc4CC3)cc2)cc1. The molecule has 0 saturated heterocycles. The highest BCUT2D eigenvalue weighted by atomic mass is 32.1. The molecule has 6 nitrogen and oxygen atoms in total. The first-order chi connectivity index (χ1) is 21.0. The number of halogens is 1. The molecule has 1 aromatic heterocycles. The van der Waals surface area contributed by atoms with Crippen LogP contribution in [0.4, 0.5) is 4.39 Å². The fourth-order valence-corrected chi connectivity index (χ4v) is 6.64. The van der Waals surface area contributed by atoms with Gasteiger partial charge in [-0.2, -0.15) is 0 Å². The Morgan fingerprint density at radius 1 is 0.930 bits per heavy atom. The van der Waals surface area contributed by atoms with Gasteiger partial charge in [-0.3, -0.25) is 9.36 Å². The molecule has 1 aliphatic carbocycles. The number of carbonyl (C=O) groups is 1. The Bertz CT molecular complexity index is 2080. The number of thiazole rings is 1. The lowest BCUT2D eigenvalue weighted by atomic mass is 9.83. The van der Waals surface area contributed by atoms with Crippen molar-refractivity contribution in [2.24, 2.45) is 4.99 Å². The number of hydrogen-bond donors (Lipinski definition) is 0. The predicted octanol–water partition coefficient (Wildman–Crippen LogP) is 5.69. The van der Waals surface area contributed by atoms with Crippen molar-refractivity contribution in [2.45, 2.75) is 18.9 Å². The van der Waals surface area contributed by atoms with Crippen LogP contribution in [0, 0.1) is 5.82 Å². The second-order valence-electron chi connectivity index (χ2n) is 10.4. The smallest absolute Gasteiger partial charge is 0.343 e. The normalized spacial score (nSPS) is 15.7. The summed E-state index contributed by atoms with van der Waals surface area (Å²) in [4.78, 5) is 32.1. The van der Waals surface area contributed by atoms with Crippen LogP contribution in [0.15, 0.2) is 112 Å². The number of rotatable bonds is 5. The van der Waals surface area contributed by atoms with E-state index < -0.39 is 5.97 Å². The molecule has 0 N–H and O–H groups in total. The molecule has 0 unspecified atom stereocenters. The van der Waals surface area contributed by atoms with E-state index in [9.17, 15) is 14.0 Å². The predicted molar refractivity (Wildman–Crippen MR) is 164 cm³/mol. The van der Waals surface area contributed by atoms with Gasteiger partial charge in [0.05, 0.1) is 28.9 Å². The largest absolute Gasteiger partial charge is 0.497 e. The zero-order valence-corrected chi connectivity index (χ0v) is 23.9. The van der Waals surface area contributed by atoms with Crippen LogP contribution >= 0.6 is 11.3 Å². The standard InChI is InChI=1S/C35H25FN2O4S/c1-41-26-17-10-24(11-18-26)34(40)42-27-15-6-21(7-16-27)20-30-33(39)38-32(23-8-13-25(36)14-9-23)29-19-12-22-4-2-3-5-28(22)31(29)37-35(38)43-30/h2-11,13-18,20,32H,12,19H2,1H3/b30-20+/t32-/m1/s1. The van der Waals surface area contributed by atoms with Gasteiger partial charge in [0.25, 0.3) is 5.56 Å². The third-order valence-corrected chi connectivity index (χ3v) is 8.76. The molecule has 1 aliphatic heterocycles. The molecule has 43 heavy (non-hydrogen) atoms. The quantitative estimate of drug-likeness (QED) is 0.196. The van der Waals surface area contributed by atoms with Crippen molar-refractivity contribution in [2.75, 3.05) is 7.11 Å². The molecule has 2 heterocycles. The van der Waals surface area contributed by atoms with Gasteiger partial charge in [-0.15, -0.1) is 0 Å². The molecule has 8 heteroatoms. The number of carbonyl (C=O) groups excluding carboxylic acids is 1. The third kappa shape index (κ3) is 5.00. The van der Waals surface area contributed by atoms with Gasteiger partial charge in [-0.05, 0) is 89.7 Å². The Morgan fingerprint density at radius 2 is 1.65 bits per heavy atom. The first kappa shape index (κ1) is 26.8. The van der Waals surface area contributed by atoms with E-state index in [1.165, 1.54) is 29.0 Å². The lowest BCUT2D eigenvalue weighted by Gasteiger charge is -2.30. The van der Waals surface area contributed by atoms with Gasteiger partial charge in [0.2, 0.25) is 0 Å². The van der Waals surface area contributed by atoms with Gasteiger partial charge in [-0.1, -0.05) is 59.9 Å². The first-order valence-electron chi connectivity index (χ1n) is 13.8. The Kier molecular flexibility index (Phi) is 6.83. The van der Waals surface area contributed by atoms with Crippen molar-refractivity contribution < 1.29 is 18.7 Å². The highest BCUT2D eigenvalue weighted by molar-refractivity contribution is 7.07. The highest BCUT2D eigenvalue weighted by Crippen LogP contribution is 2.41. The maximum Gasteiger partial charge on any atom is 0.343 e. The van der Waals surface area contributed by atoms with Crippen molar-refractivity contribution in [1.29, 1.82) is 0 Å². The van der Waals surface area contributed by atoms with Crippen LogP contribution in [0.25, 0.3) is 11.8 Å². The molecule has 7 rings (SSSR count). The number of methoxy groups -OCH3 is 1. The number of esters is 1. The minimum absolute atomic E-state index is 0.154. The lowest BCUT2D eigenvalue weighted by Crippen LogP contribution is -2.38. The monoisotopic (exact) mass is 588 g/mol. The summed E-state index contributed by atoms with van der Waals surface area (Å²) in [6.45, 7) is 0. The second-order valence-corrected chi connectivity index (χ2v) is 11.4. The number of nitrogens with zero attached hydrogens (tertiary/aromatic N) is 2. The average Bonchev–Trinajstić information content (AvgIpc) is 3.35. The topological polar surface area (TPSA) is 69.9 Å². The van der Waals surface area contributed by atoms with Gasteiger partial charge in [0.1, 0.15) is 17.3 Å². The third-order valence-electron chi connectivity index (χ3n) is 7.77. The molecule has 0 saturated carbocycles. The van der Waals surface area contributed by atoms with Crippen LogP contribution in [-0.2, 0) is 6.42 Å². The molecular formula is C35H25FN2O4S. The number of fused-ring (bicyclic) bond motifs is 3. The van der Waals surface area contributed by atoms with E-state index in [0.717, 1.165) is 40.8 Å². The maximum absolute atomic E-state index is 13.9. The lowest BCUT2D eigenvalue weighted by molar-refractivity contribution is 0.0734. The molecule has 5 aromatic rings. The first-order valence-corrected chi connectivity index (χ1v) is 14.6. The van der Waals surface area contributed by atoms with Crippen LogP contribution in [-0.4, -0.2) is 17.6 Å². The Hall–Kier alpha value is -5.08. The van der Waals surface area contributed by atoms with Crippen molar-refractivity contribution in [3.05, 3.63) is 156 Å². The van der Waals surface area contributed by atoms with Crippen LogP contribution in [0.5, 0.6) is 11.5 Å². The van der Waals surface area contributed by atoms with E-state index in [1.807, 2.05) is 18.2 Å². The van der Waals surface area contributed by atoms with E-state index >= 15 is 0 Å². The maximum atomic E-state index is 13.9. The molecule has 212 valence electrons. The van der Waals surface area contributed by atoms with Crippen molar-refractivity contribution in [3.63, 3.8) is 0 Å². The number of benzene rings is 4. The summed E-state index contributed by atoms with van der Waals surface area (Å²) >= 11 is 1.33. The minimum atomic E-state index is -0.477. The summed E-state index contributed by atoms with van der Waals surface area (Å²) in [6, 6.07) is 27.9. The summed E-state index contributed by atoms with van der Waals surface area (Å²) in [5, 5.41) is 0. The molecule has 1 atom stereocenters. The van der Waals surface area contributed by atoms with Crippen LogP contribution < -0.4 is 24.4 Å². The molecule has 0 radical (unpaired) electrons. The van der Waals surface area contributed by atoms with Gasteiger partial charge in [0.15, 0.2) is 4.80 Å². The van der Waals surface area contributed by atoms with Gasteiger partial charge >= 0.3 is 5.97 Å². The fraction of sp³-hybridized carbons (Fsp3) is 0.114. The van der Waals surface area contributed by atoms with E-state index in [-0.39, 0.29) is 17.4 Å². The van der Waals surface area contributed by atoms with Crippen LogP contribution in [0.1, 0.15) is 45.1 Å². The molecule has 2 aliphatic rings. The number of allylic oxidation sites excluding steroid dienone is 1. The summed E-state index contributed by atoms with van der Waals surface area (Å²) < 4.78 is 26.8. The molecule has 4 aromatic carbocycles. The Labute approximate surface area is 250 Å². The van der Waals surface area contributed by atoms with Crippen molar-refractivity contribution in [3.8, 4) is 11.5 Å². The zero-order chi connectivity index (χ0) is 29.5. The van der Waals surface area contributed by atoms with Gasteiger partial charge in [0, 0.05) is 5.56 Å².